The van der Waals surface area contributed by atoms with Gasteiger partial charge in [0.05, 0.1) is 25.9 Å². The summed E-state index contributed by atoms with van der Waals surface area (Å²) in [7, 11) is 1.58. The van der Waals surface area contributed by atoms with Gasteiger partial charge in [0.2, 0.25) is 5.91 Å². The number of benzene rings is 2. The Morgan fingerprint density at radius 2 is 2.03 bits per heavy atom. The van der Waals surface area contributed by atoms with Crippen LogP contribution in [0.2, 0.25) is 0 Å². The number of hydrogen-bond donors (Lipinski definition) is 1. The van der Waals surface area contributed by atoms with E-state index in [9.17, 15) is 4.79 Å². The van der Waals surface area contributed by atoms with Crippen LogP contribution in [0.25, 0.3) is 6.08 Å². The topological polar surface area (TPSA) is 80.6 Å². The molecule has 6 nitrogen and oxygen atoms in total. The van der Waals surface area contributed by atoms with E-state index in [1.54, 1.807) is 31.4 Å². The third kappa shape index (κ3) is 7.59. The molecule has 0 aliphatic heterocycles. The molecule has 2 rings (SSSR count). The lowest BCUT2D eigenvalue weighted by molar-refractivity contribution is -0.111. The van der Waals surface area contributed by atoms with Crippen LogP contribution in [0, 0.1) is 11.3 Å². The van der Waals surface area contributed by atoms with Crippen LogP contribution in [-0.2, 0) is 4.79 Å². The van der Waals surface area contributed by atoms with E-state index in [2.05, 4.69) is 11.4 Å². The molecule has 0 aliphatic carbocycles. The molecule has 0 aliphatic rings. The summed E-state index contributed by atoms with van der Waals surface area (Å²) in [5.41, 5.74) is 1.46. The van der Waals surface area contributed by atoms with Crippen LogP contribution in [0.3, 0.4) is 0 Å². The zero-order valence-corrected chi connectivity index (χ0v) is 17.0. The SMILES string of the molecule is COc1cc(C=CC(=O)Nc2cccc(OCCCC#N)c2)ccc1OC(C)C. The van der Waals surface area contributed by atoms with Crippen molar-refractivity contribution in [1.82, 2.24) is 0 Å². The lowest BCUT2D eigenvalue weighted by Crippen LogP contribution is -2.08. The summed E-state index contributed by atoms with van der Waals surface area (Å²) < 4.78 is 16.6. The van der Waals surface area contributed by atoms with Gasteiger partial charge in [-0.25, -0.2) is 0 Å². The molecule has 1 amide bonds. The van der Waals surface area contributed by atoms with E-state index in [1.807, 2.05) is 38.1 Å². The van der Waals surface area contributed by atoms with Crippen molar-refractivity contribution >= 4 is 17.7 Å². The molecule has 0 radical (unpaired) electrons. The van der Waals surface area contributed by atoms with Gasteiger partial charge in [0.15, 0.2) is 11.5 Å². The number of carbonyl (C=O) groups is 1. The predicted molar refractivity (Wildman–Crippen MR) is 113 cm³/mol. The molecule has 0 aromatic heterocycles. The average molecular weight is 394 g/mol. The number of ether oxygens (including phenoxy) is 3. The van der Waals surface area contributed by atoms with Gasteiger partial charge in [-0.1, -0.05) is 12.1 Å². The van der Waals surface area contributed by atoms with E-state index in [1.165, 1.54) is 6.08 Å². The molecule has 0 fully saturated rings. The van der Waals surface area contributed by atoms with Gasteiger partial charge in [-0.3, -0.25) is 4.79 Å². The van der Waals surface area contributed by atoms with Crippen molar-refractivity contribution in [2.45, 2.75) is 32.8 Å². The summed E-state index contributed by atoms with van der Waals surface area (Å²) in [6.45, 7) is 4.36. The summed E-state index contributed by atoms with van der Waals surface area (Å²) in [6, 6.07) is 14.7. The monoisotopic (exact) mass is 394 g/mol. The van der Waals surface area contributed by atoms with Gasteiger partial charge in [-0.15, -0.1) is 0 Å². The lowest BCUT2D eigenvalue weighted by Gasteiger charge is -2.13. The van der Waals surface area contributed by atoms with Crippen molar-refractivity contribution in [3.8, 4) is 23.3 Å². The molecule has 152 valence electrons. The molecule has 0 spiro atoms. The summed E-state index contributed by atoms with van der Waals surface area (Å²) in [4.78, 5) is 12.2. The minimum atomic E-state index is -0.256. The number of nitrogens with zero attached hydrogens (tertiary/aromatic N) is 1. The first-order chi connectivity index (χ1) is 14.0. The van der Waals surface area contributed by atoms with E-state index in [0.717, 1.165) is 5.56 Å². The number of unbranched alkanes of at least 4 members (excludes halogenated alkanes) is 1. The molecule has 6 heteroatoms. The second-order valence-corrected chi connectivity index (χ2v) is 6.54. The maximum atomic E-state index is 12.2. The second-order valence-electron chi connectivity index (χ2n) is 6.54. The van der Waals surface area contributed by atoms with Gasteiger partial charge in [-0.2, -0.15) is 5.26 Å². The van der Waals surface area contributed by atoms with Crippen LogP contribution in [0.1, 0.15) is 32.3 Å². The minimum absolute atomic E-state index is 0.0437. The number of amides is 1. The number of nitrogens with one attached hydrogen (secondary N) is 1. The Labute approximate surface area is 171 Å². The third-order valence-corrected chi connectivity index (χ3v) is 3.78. The summed E-state index contributed by atoms with van der Waals surface area (Å²) in [6.07, 6.45) is 4.33. The summed E-state index contributed by atoms with van der Waals surface area (Å²) in [5, 5.41) is 11.4. The van der Waals surface area contributed by atoms with Crippen molar-refractivity contribution < 1.29 is 19.0 Å². The fourth-order valence-electron chi connectivity index (χ4n) is 2.50. The summed E-state index contributed by atoms with van der Waals surface area (Å²) >= 11 is 0. The Kier molecular flexibility index (Phi) is 8.58. The van der Waals surface area contributed by atoms with Gasteiger partial charge in [-0.05, 0) is 56.2 Å². The first-order valence-electron chi connectivity index (χ1n) is 9.45. The third-order valence-electron chi connectivity index (χ3n) is 3.78. The van der Waals surface area contributed by atoms with Crippen LogP contribution in [0.4, 0.5) is 5.69 Å². The molecule has 2 aromatic rings. The average Bonchev–Trinajstić information content (AvgIpc) is 2.70. The number of methoxy groups -OCH3 is 1. The van der Waals surface area contributed by atoms with E-state index in [4.69, 9.17) is 19.5 Å². The molecule has 0 heterocycles. The molecule has 0 bridgehead atoms. The minimum Gasteiger partial charge on any atom is -0.493 e. The quantitative estimate of drug-likeness (QED) is 0.462. The molecule has 0 saturated carbocycles. The number of nitriles is 1. The van der Waals surface area contributed by atoms with Gasteiger partial charge in [0.1, 0.15) is 5.75 Å². The van der Waals surface area contributed by atoms with Crippen LogP contribution in [0.5, 0.6) is 17.2 Å². The van der Waals surface area contributed by atoms with Crippen molar-refractivity contribution in [2.75, 3.05) is 19.0 Å². The Hall–Kier alpha value is -3.46. The standard InChI is InChI=1S/C23H26N2O4/c1-17(2)29-21-11-9-18(15-22(21)27-3)10-12-23(26)25-19-7-6-8-20(16-19)28-14-5-4-13-24/h6-12,15-17H,4-5,14H2,1-3H3,(H,25,26). The second kappa shape index (κ2) is 11.4. The smallest absolute Gasteiger partial charge is 0.248 e. The Bertz CT molecular complexity index is 885. The molecular formula is C23H26N2O4. The van der Waals surface area contributed by atoms with Crippen LogP contribution in [0.15, 0.2) is 48.5 Å². The fraction of sp³-hybridized carbons (Fsp3) is 0.304. The van der Waals surface area contributed by atoms with Crippen LogP contribution >= 0.6 is 0 Å². The molecule has 29 heavy (non-hydrogen) atoms. The van der Waals surface area contributed by atoms with E-state index >= 15 is 0 Å². The Morgan fingerprint density at radius 1 is 1.21 bits per heavy atom. The first-order valence-corrected chi connectivity index (χ1v) is 9.45. The van der Waals surface area contributed by atoms with Gasteiger partial charge in [0.25, 0.3) is 0 Å². The van der Waals surface area contributed by atoms with Gasteiger partial charge >= 0.3 is 0 Å². The largest absolute Gasteiger partial charge is 0.493 e. The number of carbonyl (C=O) groups excluding carboxylic acids is 1. The van der Waals surface area contributed by atoms with E-state index in [0.29, 0.717) is 42.4 Å². The molecule has 0 atom stereocenters. The highest BCUT2D eigenvalue weighted by atomic mass is 16.5. The zero-order valence-electron chi connectivity index (χ0n) is 17.0. The van der Waals surface area contributed by atoms with Crippen molar-refractivity contribution in [1.29, 1.82) is 5.26 Å². The molecule has 0 saturated heterocycles. The predicted octanol–water partition coefficient (Wildman–Crippen LogP) is 4.82. The highest BCUT2D eigenvalue weighted by Crippen LogP contribution is 2.29. The molecule has 2 aromatic carbocycles. The molecule has 1 N–H and O–H groups in total. The number of anilines is 1. The Balaban J connectivity index is 1.96. The maximum absolute atomic E-state index is 12.2. The number of rotatable bonds is 10. The maximum Gasteiger partial charge on any atom is 0.248 e. The molecule has 0 unspecified atom stereocenters. The lowest BCUT2D eigenvalue weighted by atomic mass is 10.2. The first kappa shape index (κ1) is 21.8. The van der Waals surface area contributed by atoms with Crippen LogP contribution in [-0.4, -0.2) is 25.7 Å². The fourth-order valence-corrected chi connectivity index (χ4v) is 2.50. The van der Waals surface area contributed by atoms with Crippen molar-refractivity contribution in [2.24, 2.45) is 0 Å². The van der Waals surface area contributed by atoms with Crippen molar-refractivity contribution in [3.05, 3.63) is 54.1 Å². The Morgan fingerprint density at radius 3 is 2.76 bits per heavy atom. The van der Waals surface area contributed by atoms with Gasteiger partial charge < -0.3 is 19.5 Å². The zero-order chi connectivity index (χ0) is 21.1. The normalized spacial score (nSPS) is 10.6. The highest BCUT2D eigenvalue weighted by Gasteiger charge is 2.07. The summed E-state index contributed by atoms with van der Waals surface area (Å²) in [5.74, 6) is 1.67. The van der Waals surface area contributed by atoms with Gasteiger partial charge in [0, 0.05) is 24.3 Å². The highest BCUT2D eigenvalue weighted by molar-refractivity contribution is 6.02. The van der Waals surface area contributed by atoms with E-state index in [-0.39, 0.29) is 12.0 Å². The molecular weight excluding hydrogens is 368 g/mol. The van der Waals surface area contributed by atoms with Crippen LogP contribution < -0.4 is 19.5 Å². The van der Waals surface area contributed by atoms with Crippen molar-refractivity contribution in [3.63, 3.8) is 0 Å². The number of hydrogen-bond acceptors (Lipinski definition) is 5. The van der Waals surface area contributed by atoms with E-state index < -0.39 is 0 Å².